The number of carbonyl (C=O) groups excluding carboxylic acids is 2. The van der Waals surface area contributed by atoms with E-state index in [0.29, 0.717) is 10.4 Å². The molecule has 0 fully saturated rings. The van der Waals surface area contributed by atoms with Gasteiger partial charge in [-0.05, 0) is 30.2 Å². The van der Waals surface area contributed by atoms with Gasteiger partial charge in [0.25, 0.3) is 5.56 Å². The molecule has 3 aromatic rings. The Bertz CT molecular complexity index is 1150. The number of pyridine rings is 1. The molecule has 3 rings (SSSR count). The van der Waals surface area contributed by atoms with Crippen LogP contribution in [0.2, 0.25) is 0 Å². The third kappa shape index (κ3) is 6.95. The summed E-state index contributed by atoms with van der Waals surface area (Å²) in [6.07, 6.45) is 0.918. The fraction of sp³-hybridized carbons (Fsp3) is 0.190. The molecule has 0 saturated heterocycles. The molecule has 0 aliphatic rings. The molecule has 156 valence electrons. The van der Waals surface area contributed by atoms with Crippen LogP contribution < -0.4 is 85.5 Å². The van der Waals surface area contributed by atoms with E-state index in [-0.39, 0.29) is 59.1 Å². The number of rotatable bonds is 6. The Morgan fingerprint density at radius 2 is 1.78 bits per heavy atom. The molecule has 1 atom stereocenters. The van der Waals surface area contributed by atoms with Gasteiger partial charge in [0, 0.05) is 35.4 Å². The average Bonchev–Trinajstić information content (AvgIpc) is 3.20. The normalized spacial score (nSPS) is 10.9. The maximum Gasteiger partial charge on any atom is 1.00 e. The van der Waals surface area contributed by atoms with Gasteiger partial charge in [0.05, 0.1) is 6.04 Å². The number of amides is 2. The molecule has 2 heterocycles. The molecule has 2 N–H and O–H groups in total. The van der Waals surface area contributed by atoms with Crippen molar-refractivity contribution >= 4 is 29.0 Å². The molecule has 32 heavy (non-hydrogen) atoms. The first-order valence-corrected chi connectivity index (χ1v) is 9.87. The van der Waals surface area contributed by atoms with Crippen molar-refractivity contribution in [3.63, 3.8) is 0 Å². The number of nitrogens with zero attached hydrogens (tertiary/aromatic N) is 1. The number of hydrogen-bond acceptors (Lipinski definition) is 6. The zero-order valence-electron chi connectivity index (χ0n) is 18.3. The Morgan fingerprint density at radius 1 is 1.12 bits per heavy atom. The van der Waals surface area contributed by atoms with Crippen LogP contribution in [0.5, 0.6) is 5.75 Å². The van der Waals surface area contributed by atoms with Crippen LogP contribution >= 0.6 is 11.3 Å². The van der Waals surface area contributed by atoms with Crippen LogP contribution in [0.25, 0.3) is 10.4 Å². The molecular formula is C21H19N3Na2O5S. The van der Waals surface area contributed by atoms with Crippen LogP contribution in [0, 0.1) is 6.92 Å². The molecule has 2 aromatic heterocycles. The van der Waals surface area contributed by atoms with Gasteiger partial charge in [-0.2, -0.15) is 0 Å². The number of benzene rings is 1. The Kier molecular flexibility index (Phi) is 11.2. The molecule has 0 unspecified atom stereocenters. The first kappa shape index (κ1) is 28.4. The second-order valence-corrected chi connectivity index (χ2v) is 7.84. The number of urea groups is 1. The number of aliphatic carboxylic acids is 1. The topological polar surface area (TPSA) is 126 Å². The fourth-order valence-electron chi connectivity index (χ4n) is 2.98. The minimum absolute atomic E-state index is 0. The fourth-order valence-corrected chi connectivity index (χ4v) is 4.05. The second-order valence-electron chi connectivity index (χ2n) is 6.73. The number of aromatic nitrogens is 1. The van der Waals surface area contributed by atoms with Crippen molar-refractivity contribution in [3.05, 3.63) is 69.5 Å². The van der Waals surface area contributed by atoms with Crippen molar-refractivity contribution < 1.29 is 78.9 Å². The van der Waals surface area contributed by atoms with Gasteiger partial charge in [-0.1, -0.05) is 36.1 Å². The van der Waals surface area contributed by atoms with E-state index in [2.05, 4.69) is 10.6 Å². The average molecular weight is 471 g/mol. The summed E-state index contributed by atoms with van der Waals surface area (Å²) in [6.45, 7) is 1.53. The standard InChI is InChI=1S/C21H21N3O5S.2Na/c1-12-11-24(2)20(28)18(19(12)27)23-21(29)22-14(10-17(25)26)16-9-8-15(30-16)13-6-4-3-5-7-13;;/h3-9,11,14,27H,10H2,1-2H3,(H,25,26)(H2,22,23,29);;/q;2*+1/p-2/t14-;;/m0../s1. The Hall–Kier alpha value is -1.59. The number of thiophene rings is 1. The summed E-state index contributed by atoms with van der Waals surface area (Å²) in [4.78, 5) is 37.4. The predicted molar refractivity (Wildman–Crippen MR) is 110 cm³/mol. The molecule has 0 aliphatic carbocycles. The molecule has 0 bridgehead atoms. The number of hydrogen-bond donors (Lipinski definition) is 2. The smallest absolute Gasteiger partial charge is 0.871 e. The number of carbonyl (C=O) groups is 2. The van der Waals surface area contributed by atoms with Crippen molar-refractivity contribution in [2.75, 3.05) is 5.32 Å². The van der Waals surface area contributed by atoms with E-state index in [9.17, 15) is 24.6 Å². The van der Waals surface area contributed by atoms with Crippen molar-refractivity contribution in [3.8, 4) is 16.2 Å². The van der Waals surface area contributed by atoms with Crippen molar-refractivity contribution in [2.45, 2.75) is 19.4 Å². The third-order valence-corrected chi connectivity index (χ3v) is 5.70. The summed E-state index contributed by atoms with van der Waals surface area (Å²) < 4.78 is 1.19. The van der Waals surface area contributed by atoms with E-state index in [1.165, 1.54) is 36.1 Å². The first-order valence-electron chi connectivity index (χ1n) is 9.06. The molecule has 11 heteroatoms. The summed E-state index contributed by atoms with van der Waals surface area (Å²) in [5.41, 5.74) is 0.215. The summed E-state index contributed by atoms with van der Waals surface area (Å²) >= 11 is 1.33. The van der Waals surface area contributed by atoms with E-state index in [0.717, 1.165) is 10.4 Å². The largest absolute Gasteiger partial charge is 1.00 e. The van der Waals surface area contributed by atoms with Gasteiger partial charge >= 0.3 is 65.1 Å². The quantitative estimate of drug-likeness (QED) is 0.351. The zero-order chi connectivity index (χ0) is 21.8. The molecule has 0 spiro atoms. The molecule has 0 radical (unpaired) electrons. The van der Waals surface area contributed by atoms with Gasteiger partial charge in [-0.3, -0.25) is 4.79 Å². The minimum Gasteiger partial charge on any atom is -0.871 e. The molecule has 1 aromatic carbocycles. The third-order valence-electron chi connectivity index (χ3n) is 4.45. The zero-order valence-corrected chi connectivity index (χ0v) is 23.1. The van der Waals surface area contributed by atoms with Crippen LogP contribution in [-0.4, -0.2) is 16.6 Å². The van der Waals surface area contributed by atoms with Gasteiger partial charge in [-0.25, -0.2) is 4.79 Å². The van der Waals surface area contributed by atoms with Crippen LogP contribution in [0.4, 0.5) is 10.5 Å². The van der Waals surface area contributed by atoms with Crippen LogP contribution in [0.1, 0.15) is 22.9 Å². The number of carboxylic acids is 1. The maximum atomic E-state index is 12.5. The monoisotopic (exact) mass is 471 g/mol. The first-order chi connectivity index (χ1) is 14.3. The van der Waals surface area contributed by atoms with E-state index in [4.69, 9.17) is 0 Å². The molecule has 0 saturated carbocycles. The van der Waals surface area contributed by atoms with Crippen molar-refractivity contribution in [1.29, 1.82) is 0 Å². The summed E-state index contributed by atoms with van der Waals surface area (Å²) in [6, 6.07) is 11.3. The Balaban J connectivity index is 0.00000256. The van der Waals surface area contributed by atoms with Crippen molar-refractivity contribution in [2.24, 2.45) is 7.05 Å². The van der Waals surface area contributed by atoms with Crippen LogP contribution in [0.3, 0.4) is 0 Å². The number of anilines is 1. The molecule has 0 aliphatic heterocycles. The summed E-state index contributed by atoms with van der Waals surface area (Å²) in [5, 5.41) is 28.2. The molecule has 8 nitrogen and oxygen atoms in total. The van der Waals surface area contributed by atoms with Gasteiger partial charge in [0.1, 0.15) is 5.69 Å². The minimum atomic E-state index is -1.34. The predicted octanol–water partition coefficient (Wildman–Crippen LogP) is -4.49. The van der Waals surface area contributed by atoms with Crippen molar-refractivity contribution in [1.82, 2.24) is 9.88 Å². The summed E-state index contributed by atoms with van der Waals surface area (Å²) in [5.74, 6) is -1.93. The van der Waals surface area contributed by atoms with Gasteiger partial charge in [-0.15, -0.1) is 11.3 Å². The van der Waals surface area contributed by atoms with E-state index in [1.807, 2.05) is 36.4 Å². The SMILES string of the molecule is Cc1cn(C)c(=O)c(NC(=O)N[C@@H](CC(=O)[O-])c2ccc(-c3ccccc3)s2)c1[O-].[Na+].[Na+]. The van der Waals surface area contributed by atoms with E-state index in [1.54, 1.807) is 6.07 Å². The van der Waals surface area contributed by atoms with Gasteiger partial charge < -0.3 is 30.2 Å². The molecular weight excluding hydrogens is 452 g/mol. The number of nitrogens with one attached hydrogen (secondary N) is 2. The number of carboxylic acid groups (broad SMARTS) is 1. The van der Waals surface area contributed by atoms with Gasteiger partial charge in [0.2, 0.25) is 0 Å². The second kappa shape index (κ2) is 12.6. The Morgan fingerprint density at radius 3 is 2.41 bits per heavy atom. The van der Waals surface area contributed by atoms with Gasteiger partial charge in [0.15, 0.2) is 0 Å². The van der Waals surface area contributed by atoms with E-state index < -0.39 is 41.5 Å². The summed E-state index contributed by atoms with van der Waals surface area (Å²) in [7, 11) is 1.47. The van der Waals surface area contributed by atoms with Crippen LogP contribution in [-0.2, 0) is 11.8 Å². The van der Waals surface area contributed by atoms with E-state index >= 15 is 0 Å². The number of aryl methyl sites for hydroxylation is 2. The molecule has 2 amide bonds. The maximum absolute atomic E-state index is 12.5. The van der Waals surface area contributed by atoms with Crippen LogP contribution in [0.15, 0.2) is 53.5 Å². The Labute approximate surface area is 233 Å².